The second kappa shape index (κ2) is 7.23. The fraction of sp³-hybridized carbons (Fsp3) is 0.611. The van der Waals surface area contributed by atoms with Gasteiger partial charge in [-0.15, -0.1) is 0 Å². The first kappa shape index (κ1) is 18.0. The number of likely N-dealkylation sites (tertiary alicyclic amines) is 1. The van der Waals surface area contributed by atoms with Crippen molar-refractivity contribution in [2.75, 3.05) is 18.8 Å². The number of rotatable bonds is 4. The molecule has 1 saturated heterocycles. The molecule has 25 heavy (non-hydrogen) atoms. The SMILES string of the molecule is CCn1c(SCC(=O)N2C[C@H](C)C[C@H](C)C2)nc2cc(C)[nH]c2c1=O. The normalized spacial score (nSPS) is 21.0. The maximum absolute atomic E-state index is 12.6. The van der Waals surface area contributed by atoms with E-state index in [1.807, 2.05) is 24.8 Å². The lowest BCUT2D eigenvalue weighted by Crippen LogP contribution is -2.43. The quantitative estimate of drug-likeness (QED) is 0.670. The van der Waals surface area contributed by atoms with E-state index in [0.29, 0.717) is 40.3 Å². The molecule has 0 aliphatic carbocycles. The first-order chi connectivity index (χ1) is 11.9. The van der Waals surface area contributed by atoms with Crippen molar-refractivity contribution in [3.63, 3.8) is 0 Å². The molecular formula is C18H26N4O2S. The Kier molecular flexibility index (Phi) is 5.22. The number of carbonyl (C=O) groups excluding carboxylic acids is 1. The van der Waals surface area contributed by atoms with Crippen LogP contribution in [-0.4, -0.2) is 44.2 Å². The van der Waals surface area contributed by atoms with Crippen LogP contribution in [0, 0.1) is 18.8 Å². The van der Waals surface area contributed by atoms with Crippen LogP contribution in [0.2, 0.25) is 0 Å². The van der Waals surface area contributed by atoms with Crippen LogP contribution in [0.25, 0.3) is 11.0 Å². The lowest BCUT2D eigenvalue weighted by atomic mass is 9.92. The summed E-state index contributed by atoms with van der Waals surface area (Å²) in [6, 6.07) is 1.87. The second-order valence-electron chi connectivity index (χ2n) is 7.19. The van der Waals surface area contributed by atoms with Gasteiger partial charge in [0.05, 0.1) is 11.3 Å². The topological polar surface area (TPSA) is 71.0 Å². The maximum Gasteiger partial charge on any atom is 0.278 e. The van der Waals surface area contributed by atoms with Crippen LogP contribution in [0.3, 0.4) is 0 Å². The highest BCUT2D eigenvalue weighted by molar-refractivity contribution is 7.99. The van der Waals surface area contributed by atoms with Crippen molar-refractivity contribution in [2.24, 2.45) is 11.8 Å². The Morgan fingerprint density at radius 2 is 2.04 bits per heavy atom. The van der Waals surface area contributed by atoms with Gasteiger partial charge in [-0.2, -0.15) is 0 Å². The summed E-state index contributed by atoms with van der Waals surface area (Å²) < 4.78 is 1.64. The summed E-state index contributed by atoms with van der Waals surface area (Å²) >= 11 is 1.36. The van der Waals surface area contributed by atoms with Gasteiger partial charge in [0.15, 0.2) is 5.16 Å². The van der Waals surface area contributed by atoms with E-state index in [0.717, 1.165) is 18.8 Å². The molecule has 7 heteroatoms. The predicted octanol–water partition coefficient (Wildman–Crippen LogP) is 2.65. The van der Waals surface area contributed by atoms with E-state index in [1.165, 1.54) is 18.2 Å². The summed E-state index contributed by atoms with van der Waals surface area (Å²) in [6.07, 6.45) is 1.18. The summed E-state index contributed by atoms with van der Waals surface area (Å²) in [5.74, 6) is 1.54. The minimum atomic E-state index is -0.0734. The van der Waals surface area contributed by atoms with Crippen molar-refractivity contribution < 1.29 is 4.79 Å². The van der Waals surface area contributed by atoms with Crippen LogP contribution >= 0.6 is 11.8 Å². The molecule has 0 radical (unpaired) electrons. The zero-order chi connectivity index (χ0) is 18.1. The summed E-state index contributed by atoms with van der Waals surface area (Å²) in [7, 11) is 0. The largest absolute Gasteiger partial charge is 0.353 e. The van der Waals surface area contributed by atoms with Gasteiger partial charge in [0, 0.05) is 25.3 Å². The number of aromatic nitrogens is 3. The van der Waals surface area contributed by atoms with Crippen molar-refractivity contribution in [2.45, 2.75) is 45.8 Å². The zero-order valence-corrected chi connectivity index (χ0v) is 16.2. The molecule has 6 nitrogen and oxygen atoms in total. The summed E-state index contributed by atoms with van der Waals surface area (Å²) in [4.78, 5) is 34.8. The van der Waals surface area contributed by atoms with Crippen LogP contribution in [0.15, 0.2) is 16.0 Å². The highest BCUT2D eigenvalue weighted by Crippen LogP contribution is 2.23. The Morgan fingerprint density at radius 1 is 1.36 bits per heavy atom. The summed E-state index contributed by atoms with van der Waals surface area (Å²) in [6.45, 7) is 10.4. The van der Waals surface area contributed by atoms with Gasteiger partial charge in [-0.25, -0.2) is 4.98 Å². The van der Waals surface area contributed by atoms with E-state index in [1.54, 1.807) is 4.57 Å². The monoisotopic (exact) mass is 362 g/mol. The number of hydrogen-bond acceptors (Lipinski definition) is 4. The molecule has 0 saturated carbocycles. The van der Waals surface area contributed by atoms with Crippen molar-refractivity contribution >= 4 is 28.7 Å². The van der Waals surface area contributed by atoms with Crippen molar-refractivity contribution in [1.82, 2.24) is 19.4 Å². The molecule has 1 fully saturated rings. The molecule has 136 valence electrons. The van der Waals surface area contributed by atoms with Gasteiger partial charge in [-0.05, 0) is 38.2 Å². The number of nitrogens with zero attached hydrogens (tertiary/aromatic N) is 3. The molecule has 0 spiro atoms. The van der Waals surface area contributed by atoms with Gasteiger partial charge >= 0.3 is 0 Å². The van der Waals surface area contributed by atoms with E-state index >= 15 is 0 Å². The number of aryl methyl sites for hydroxylation is 1. The second-order valence-corrected chi connectivity index (χ2v) is 8.13. The Hall–Kier alpha value is -1.76. The molecule has 3 rings (SSSR count). The zero-order valence-electron chi connectivity index (χ0n) is 15.3. The van der Waals surface area contributed by atoms with Crippen LogP contribution in [-0.2, 0) is 11.3 Å². The van der Waals surface area contributed by atoms with Crippen LogP contribution < -0.4 is 5.56 Å². The number of hydrogen-bond donors (Lipinski definition) is 1. The van der Waals surface area contributed by atoms with Gasteiger partial charge < -0.3 is 9.88 Å². The number of fused-ring (bicyclic) bond motifs is 1. The van der Waals surface area contributed by atoms with E-state index in [4.69, 9.17) is 0 Å². The van der Waals surface area contributed by atoms with E-state index in [2.05, 4.69) is 23.8 Å². The molecule has 2 aromatic rings. The number of aromatic amines is 1. The molecule has 1 aliphatic rings. The number of nitrogens with one attached hydrogen (secondary N) is 1. The Balaban J connectivity index is 1.78. The molecule has 0 bridgehead atoms. The Morgan fingerprint density at radius 3 is 2.68 bits per heavy atom. The average Bonchev–Trinajstić information content (AvgIpc) is 2.92. The number of piperidine rings is 1. The first-order valence-corrected chi connectivity index (χ1v) is 9.88. The molecule has 2 atom stereocenters. The average molecular weight is 362 g/mol. The van der Waals surface area contributed by atoms with Crippen molar-refractivity contribution in [3.8, 4) is 0 Å². The predicted molar refractivity (Wildman–Crippen MR) is 101 cm³/mol. The van der Waals surface area contributed by atoms with Gasteiger partial charge in [0.25, 0.3) is 5.56 Å². The maximum atomic E-state index is 12.6. The molecule has 0 unspecified atom stereocenters. The highest BCUT2D eigenvalue weighted by atomic mass is 32.2. The number of carbonyl (C=O) groups is 1. The van der Waals surface area contributed by atoms with E-state index in [9.17, 15) is 9.59 Å². The summed E-state index contributed by atoms with van der Waals surface area (Å²) in [5.41, 5.74) is 2.05. The lowest BCUT2D eigenvalue weighted by Gasteiger charge is -2.35. The minimum Gasteiger partial charge on any atom is -0.353 e. The molecule has 0 aromatic carbocycles. The minimum absolute atomic E-state index is 0.0734. The van der Waals surface area contributed by atoms with Gasteiger partial charge in [-0.1, -0.05) is 25.6 Å². The molecule has 1 amide bonds. The van der Waals surface area contributed by atoms with E-state index in [-0.39, 0.29) is 11.5 Å². The lowest BCUT2D eigenvalue weighted by molar-refractivity contribution is -0.130. The number of amides is 1. The smallest absolute Gasteiger partial charge is 0.278 e. The van der Waals surface area contributed by atoms with Gasteiger partial charge in [0.2, 0.25) is 5.91 Å². The van der Waals surface area contributed by atoms with Crippen molar-refractivity contribution in [1.29, 1.82) is 0 Å². The van der Waals surface area contributed by atoms with Crippen LogP contribution in [0.1, 0.15) is 32.9 Å². The molecular weight excluding hydrogens is 336 g/mol. The Labute approximate surface area is 152 Å². The third kappa shape index (κ3) is 3.76. The third-order valence-electron chi connectivity index (χ3n) is 4.70. The Bertz CT molecular complexity index is 831. The van der Waals surface area contributed by atoms with Crippen LogP contribution in [0.4, 0.5) is 0 Å². The molecule has 1 aliphatic heterocycles. The standard InChI is InChI=1S/C18H26N4O2S/c1-5-22-17(24)16-14(7-13(4)19-16)20-18(22)25-10-15(23)21-8-11(2)6-12(3)9-21/h7,11-12,19H,5-6,8-10H2,1-4H3/t11-,12+. The summed E-state index contributed by atoms with van der Waals surface area (Å²) in [5, 5.41) is 0.616. The number of thioether (sulfide) groups is 1. The third-order valence-corrected chi connectivity index (χ3v) is 5.66. The fourth-order valence-electron chi connectivity index (χ4n) is 3.68. The first-order valence-electron chi connectivity index (χ1n) is 8.89. The van der Waals surface area contributed by atoms with Crippen LogP contribution in [0.5, 0.6) is 0 Å². The molecule has 3 heterocycles. The van der Waals surface area contributed by atoms with Gasteiger partial charge in [-0.3, -0.25) is 14.2 Å². The highest BCUT2D eigenvalue weighted by Gasteiger charge is 2.25. The number of H-pyrrole nitrogens is 1. The fourth-order valence-corrected chi connectivity index (χ4v) is 4.65. The van der Waals surface area contributed by atoms with Crippen molar-refractivity contribution in [3.05, 3.63) is 22.1 Å². The molecule has 2 aromatic heterocycles. The van der Waals surface area contributed by atoms with E-state index < -0.39 is 0 Å². The molecule has 1 N–H and O–H groups in total. The van der Waals surface area contributed by atoms with Gasteiger partial charge in [0.1, 0.15) is 5.52 Å².